The van der Waals surface area contributed by atoms with Crippen LogP contribution in [0.1, 0.15) is 42.7 Å². The van der Waals surface area contributed by atoms with Gasteiger partial charge in [-0.15, -0.1) is 0 Å². The first-order chi connectivity index (χ1) is 13.1. The maximum atomic E-state index is 12.5. The monoisotopic (exact) mass is 388 g/mol. The summed E-state index contributed by atoms with van der Waals surface area (Å²) >= 11 is 6.14. The number of anilines is 2. The Morgan fingerprint density at radius 3 is 2.56 bits per heavy atom. The first kappa shape index (κ1) is 19.4. The van der Waals surface area contributed by atoms with Crippen LogP contribution < -0.4 is 15.1 Å². The highest BCUT2D eigenvalue weighted by Crippen LogP contribution is 2.18. The summed E-state index contributed by atoms with van der Waals surface area (Å²) in [6, 6.07) is 3.99. The van der Waals surface area contributed by atoms with Crippen LogP contribution in [0, 0.1) is 0 Å². The molecule has 1 aliphatic rings. The summed E-state index contributed by atoms with van der Waals surface area (Å²) in [6.45, 7) is 8.03. The zero-order chi connectivity index (χ0) is 19.2. The zero-order valence-corrected chi connectivity index (χ0v) is 16.5. The molecule has 2 aromatic heterocycles. The van der Waals surface area contributed by atoms with Gasteiger partial charge < -0.3 is 15.1 Å². The normalized spacial score (nSPS) is 13.7. The summed E-state index contributed by atoms with van der Waals surface area (Å²) in [6.07, 6.45) is 5.71. The highest BCUT2D eigenvalue weighted by molar-refractivity contribution is 6.33. The molecule has 0 saturated carbocycles. The van der Waals surface area contributed by atoms with Gasteiger partial charge >= 0.3 is 0 Å². The van der Waals surface area contributed by atoms with Gasteiger partial charge in [0.15, 0.2) is 5.69 Å². The van der Waals surface area contributed by atoms with Crippen molar-refractivity contribution in [3.05, 3.63) is 40.8 Å². The fourth-order valence-corrected chi connectivity index (χ4v) is 3.27. The number of carbonyl (C=O) groups is 1. The number of aromatic nitrogens is 3. The number of rotatable bonds is 7. The van der Waals surface area contributed by atoms with E-state index in [4.69, 9.17) is 11.6 Å². The molecule has 1 N–H and O–H groups in total. The fourth-order valence-electron chi connectivity index (χ4n) is 3.10. The lowest BCUT2D eigenvalue weighted by molar-refractivity contribution is 0.0946. The van der Waals surface area contributed by atoms with Gasteiger partial charge in [-0.3, -0.25) is 4.79 Å². The second kappa shape index (κ2) is 8.99. The fraction of sp³-hybridized carbons (Fsp3) is 0.474. The van der Waals surface area contributed by atoms with Crippen molar-refractivity contribution in [1.82, 2.24) is 20.3 Å². The van der Waals surface area contributed by atoms with Crippen LogP contribution in [0.3, 0.4) is 0 Å². The predicted octanol–water partition coefficient (Wildman–Crippen LogP) is 2.90. The highest BCUT2D eigenvalue weighted by atomic mass is 35.5. The molecule has 0 spiro atoms. The molecule has 7 nitrogen and oxygen atoms in total. The van der Waals surface area contributed by atoms with Crippen LogP contribution in [0.15, 0.2) is 24.5 Å². The summed E-state index contributed by atoms with van der Waals surface area (Å²) < 4.78 is 0. The smallest absolute Gasteiger partial charge is 0.271 e. The maximum Gasteiger partial charge on any atom is 0.271 e. The van der Waals surface area contributed by atoms with Crippen molar-refractivity contribution in [3.63, 3.8) is 0 Å². The van der Waals surface area contributed by atoms with E-state index in [1.54, 1.807) is 6.20 Å². The molecule has 2 aromatic rings. The van der Waals surface area contributed by atoms with E-state index in [1.165, 1.54) is 19.0 Å². The number of amides is 1. The Morgan fingerprint density at radius 1 is 1.19 bits per heavy atom. The summed E-state index contributed by atoms with van der Waals surface area (Å²) in [5.41, 5.74) is 1.12. The first-order valence-corrected chi connectivity index (χ1v) is 9.75. The second-order valence-electron chi connectivity index (χ2n) is 6.44. The van der Waals surface area contributed by atoms with Crippen molar-refractivity contribution in [2.75, 3.05) is 36.0 Å². The Kier molecular flexibility index (Phi) is 6.45. The third-order valence-corrected chi connectivity index (χ3v) is 4.96. The van der Waals surface area contributed by atoms with Gasteiger partial charge in [0.05, 0.1) is 11.2 Å². The van der Waals surface area contributed by atoms with E-state index in [0.717, 1.165) is 37.6 Å². The van der Waals surface area contributed by atoms with Gasteiger partial charge in [0, 0.05) is 38.9 Å². The Morgan fingerprint density at radius 2 is 1.93 bits per heavy atom. The Labute approximate surface area is 164 Å². The van der Waals surface area contributed by atoms with Crippen LogP contribution >= 0.6 is 11.6 Å². The Bertz CT molecular complexity index is 772. The molecule has 27 heavy (non-hydrogen) atoms. The van der Waals surface area contributed by atoms with E-state index in [-0.39, 0.29) is 16.6 Å². The minimum absolute atomic E-state index is 0.190. The molecule has 3 rings (SSSR count). The SMILES string of the molecule is CCN(CC)c1ncc(Cl)c(C(=O)NCc2ccc(N3CCCC3)nc2)n1. The van der Waals surface area contributed by atoms with Crippen molar-refractivity contribution >= 4 is 29.3 Å². The molecule has 144 valence electrons. The number of hydrogen-bond acceptors (Lipinski definition) is 6. The lowest BCUT2D eigenvalue weighted by atomic mass is 10.2. The molecule has 1 amide bonds. The van der Waals surface area contributed by atoms with Gasteiger partial charge in [0.25, 0.3) is 5.91 Å². The van der Waals surface area contributed by atoms with Crippen LogP contribution in [-0.2, 0) is 6.54 Å². The van der Waals surface area contributed by atoms with E-state index in [9.17, 15) is 4.79 Å². The second-order valence-corrected chi connectivity index (χ2v) is 6.85. The van der Waals surface area contributed by atoms with Gasteiger partial charge in [-0.25, -0.2) is 15.0 Å². The van der Waals surface area contributed by atoms with Gasteiger partial charge in [-0.2, -0.15) is 0 Å². The molecule has 1 fully saturated rings. The molecule has 8 heteroatoms. The number of hydrogen-bond donors (Lipinski definition) is 1. The molecule has 1 aliphatic heterocycles. The average Bonchev–Trinajstić information content (AvgIpc) is 3.23. The van der Waals surface area contributed by atoms with Crippen LogP contribution in [0.2, 0.25) is 5.02 Å². The van der Waals surface area contributed by atoms with E-state index in [1.807, 2.05) is 30.9 Å². The van der Waals surface area contributed by atoms with Gasteiger partial charge in [0.2, 0.25) is 5.95 Å². The summed E-state index contributed by atoms with van der Waals surface area (Å²) in [4.78, 5) is 29.8. The van der Waals surface area contributed by atoms with Crippen molar-refractivity contribution in [2.45, 2.75) is 33.2 Å². The van der Waals surface area contributed by atoms with Gasteiger partial charge in [0.1, 0.15) is 5.82 Å². The number of nitrogens with zero attached hydrogens (tertiary/aromatic N) is 5. The Hall–Kier alpha value is -2.41. The number of pyridine rings is 1. The van der Waals surface area contributed by atoms with E-state index >= 15 is 0 Å². The molecule has 0 unspecified atom stereocenters. The largest absolute Gasteiger partial charge is 0.357 e. The summed E-state index contributed by atoms with van der Waals surface area (Å²) in [5.74, 6) is 1.18. The van der Waals surface area contributed by atoms with Crippen molar-refractivity contribution in [3.8, 4) is 0 Å². The number of halogens is 1. The van der Waals surface area contributed by atoms with E-state index in [0.29, 0.717) is 12.5 Å². The molecular weight excluding hydrogens is 364 g/mol. The average molecular weight is 389 g/mol. The first-order valence-electron chi connectivity index (χ1n) is 9.38. The molecule has 0 aromatic carbocycles. The lowest BCUT2D eigenvalue weighted by Gasteiger charge is -2.19. The maximum absolute atomic E-state index is 12.5. The molecule has 0 radical (unpaired) electrons. The summed E-state index contributed by atoms with van der Waals surface area (Å²) in [5, 5.41) is 3.10. The standard InChI is InChI=1S/C19H25ClN6O/c1-3-25(4-2)19-23-13-15(20)17(24-19)18(27)22-12-14-7-8-16(21-11-14)26-9-5-6-10-26/h7-8,11,13H,3-6,9-10,12H2,1-2H3,(H,22,27). The zero-order valence-electron chi connectivity index (χ0n) is 15.8. The third-order valence-electron chi connectivity index (χ3n) is 4.69. The van der Waals surface area contributed by atoms with Crippen LogP contribution in [-0.4, -0.2) is 47.0 Å². The minimum Gasteiger partial charge on any atom is -0.357 e. The predicted molar refractivity (Wildman–Crippen MR) is 107 cm³/mol. The molecular formula is C19H25ClN6O. The molecule has 0 aliphatic carbocycles. The Balaban J connectivity index is 1.64. The molecule has 3 heterocycles. The van der Waals surface area contributed by atoms with Crippen molar-refractivity contribution < 1.29 is 4.79 Å². The molecule has 1 saturated heterocycles. The lowest BCUT2D eigenvalue weighted by Crippen LogP contribution is -2.28. The van der Waals surface area contributed by atoms with Gasteiger partial charge in [-0.05, 0) is 38.3 Å². The number of nitrogens with one attached hydrogen (secondary N) is 1. The number of carbonyl (C=O) groups excluding carboxylic acids is 1. The molecule has 0 atom stereocenters. The topological polar surface area (TPSA) is 74.2 Å². The van der Waals surface area contributed by atoms with Gasteiger partial charge in [-0.1, -0.05) is 17.7 Å². The van der Waals surface area contributed by atoms with Crippen LogP contribution in [0.25, 0.3) is 0 Å². The quantitative estimate of drug-likeness (QED) is 0.786. The van der Waals surface area contributed by atoms with E-state index in [2.05, 4.69) is 25.2 Å². The van der Waals surface area contributed by atoms with Crippen LogP contribution in [0.5, 0.6) is 0 Å². The summed E-state index contributed by atoms with van der Waals surface area (Å²) in [7, 11) is 0. The minimum atomic E-state index is -0.320. The van der Waals surface area contributed by atoms with Crippen LogP contribution in [0.4, 0.5) is 11.8 Å². The highest BCUT2D eigenvalue weighted by Gasteiger charge is 2.17. The van der Waals surface area contributed by atoms with Crippen molar-refractivity contribution in [1.29, 1.82) is 0 Å². The molecule has 0 bridgehead atoms. The third kappa shape index (κ3) is 4.66. The van der Waals surface area contributed by atoms with E-state index < -0.39 is 0 Å². The van der Waals surface area contributed by atoms with Crippen molar-refractivity contribution in [2.24, 2.45) is 0 Å².